The van der Waals surface area contributed by atoms with Gasteiger partial charge in [-0.15, -0.1) is 0 Å². The maximum Gasteiger partial charge on any atom is 0.328 e. The summed E-state index contributed by atoms with van der Waals surface area (Å²) < 4.78 is 10.5. The van der Waals surface area contributed by atoms with Crippen molar-refractivity contribution in [3.63, 3.8) is 0 Å². The predicted molar refractivity (Wildman–Crippen MR) is 130 cm³/mol. The maximum absolute atomic E-state index is 13.0. The normalized spacial score (nSPS) is 13.6. The van der Waals surface area contributed by atoms with E-state index in [0.29, 0.717) is 25.9 Å². The SMILES string of the molecule is CCCCCCC(=O)N(CCC)C[C@H](OC)C(C)C(=O)N[C@@H](Cc1ccccc1)C(=O)OC. The molecule has 0 radical (unpaired) electrons. The number of hydrogen-bond acceptors (Lipinski definition) is 5. The van der Waals surface area contributed by atoms with E-state index in [4.69, 9.17) is 9.47 Å². The molecule has 1 N–H and O–H groups in total. The smallest absolute Gasteiger partial charge is 0.328 e. The van der Waals surface area contributed by atoms with Crippen LogP contribution in [0.4, 0.5) is 0 Å². The molecule has 0 aliphatic heterocycles. The molecular formula is C26H42N2O5. The fourth-order valence-electron chi connectivity index (χ4n) is 3.76. The molecule has 33 heavy (non-hydrogen) atoms. The number of ether oxygens (including phenoxy) is 2. The van der Waals surface area contributed by atoms with Gasteiger partial charge in [-0.2, -0.15) is 0 Å². The molecule has 0 bridgehead atoms. The average Bonchev–Trinajstić information content (AvgIpc) is 2.83. The number of esters is 1. The zero-order valence-corrected chi connectivity index (χ0v) is 21.0. The Morgan fingerprint density at radius 1 is 1.00 bits per heavy atom. The first-order valence-corrected chi connectivity index (χ1v) is 12.1. The molecule has 0 spiro atoms. The van der Waals surface area contributed by atoms with Gasteiger partial charge in [0.25, 0.3) is 0 Å². The van der Waals surface area contributed by atoms with Crippen molar-refractivity contribution in [1.29, 1.82) is 0 Å². The lowest BCUT2D eigenvalue weighted by atomic mass is 10.0. The van der Waals surface area contributed by atoms with E-state index in [0.717, 1.165) is 37.7 Å². The highest BCUT2D eigenvalue weighted by atomic mass is 16.5. The zero-order valence-electron chi connectivity index (χ0n) is 21.0. The van der Waals surface area contributed by atoms with E-state index in [2.05, 4.69) is 12.2 Å². The minimum absolute atomic E-state index is 0.0964. The van der Waals surface area contributed by atoms with Crippen LogP contribution in [0.1, 0.15) is 64.9 Å². The Kier molecular flexibility index (Phi) is 14.1. The van der Waals surface area contributed by atoms with E-state index in [9.17, 15) is 14.4 Å². The van der Waals surface area contributed by atoms with Gasteiger partial charge < -0.3 is 19.7 Å². The second-order valence-corrected chi connectivity index (χ2v) is 8.49. The van der Waals surface area contributed by atoms with Crippen LogP contribution in [0.25, 0.3) is 0 Å². The van der Waals surface area contributed by atoms with Crippen LogP contribution in [0.15, 0.2) is 30.3 Å². The lowest BCUT2D eigenvalue weighted by Gasteiger charge is -2.30. The molecule has 0 aliphatic carbocycles. The third-order valence-corrected chi connectivity index (χ3v) is 5.85. The van der Waals surface area contributed by atoms with Crippen molar-refractivity contribution in [2.45, 2.75) is 77.9 Å². The van der Waals surface area contributed by atoms with Crippen molar-refractivity contribution in [2.24, 2.45) is 5.92 Å². The van der Waals surface area contributed by atoms with Gasteiger partial charge >= 0.3 is 5.97 Å². The molecule has 1 aromatic carbocycles. The van der Waals surface area contributed by atoms with Crippen LogP contribution in [0.5, 0.6) is 0 Å². The number of carbonyl (C=O) groups is 3. The van der Waals surface area contributed by atoms with Crippen molar-refractivity contribution < 1.29 is 23.9 Å². The number of amides is 2. The summed E-state index contributed by atoms with van der Waals surface area (Å²) in [5.41, 5.74) is 0.923. The molecule has 1 aromatic rings. The molecule has 1 rings (SSSR count). The van der Waals surface area contributed by atoms with Crippen molar-refractivity contribution in [2.75, 3.05) is 27.3 Å². The van der Waals surface area contributed by atoms with E-state index >= 15 is 0 Å². The topological polar surface area (TPSA) is 84.9 Å². The minimum Gasteiger partial charge on any atom is -0.467 e. The van der Waals surface area contributed by atoms with Crippen LogP contribution in [0.2, 0.25) is 0 Å². The summed E-state index contributed by atoms with van der Waals surface area (Å²) in [5.74, 6) is -1.26. The molecular weight excluding hydrogens is 420 g/mol. The van der Waals surface area contributed by atoms with Gasteiger partial charge in [-0.25, -0.2) is 4.79 Å². The number of benzene rings is 1. The van der Waals surface area contributed by atoms with Gasteiger partial charge in [0.2, 0.25) is 11.8 Å². The van der Waals surface area contributed by atoms with Crippen molar-refractivity contribution >= 4 is 17.8 Å². The van der Waals surface area contributed by atoms with Gasteiger partial charge in [0.1, 0.15) is 6.04 Å². The first kappa shape index (κ1) is 28.6. The average molecular weight is 463 g/mol. The van der Waals surface area contributed by atoms with Crippen LogP contribution >= 0.6 is 0 Å². The van der Waals surface area contributed by atoms with Crippen molar-refractivity contribution in [3.8, 4) is 0 Å². The maximum atomic E-state index is 13.0. The summed E-state index contributed by atoms with van der Waals surface area (Å²) in [4.78, 5) is 39.9. The van der Waals surface area contributed by atoms with E-state index in [1.54, 1.807) is 18.9 Å². The molecule has 0 saturated carbocycles. The molecule has 0 heterocycles. The summed E-state index contributed by atoms with van der Waals surface area (Å²) in [7, 11) is 2.86. The summed E-state index contributed by atoms with van der Waals surface area (Å²) in [5, 5.41) is 2.82. The lowest BCUT2D eigenvalue weighted by molar-refractivity contribution is -0.146. The van der Waals surface area contributed by atoms with Crippen molar-refractivity contribution in [3.05, 3.63) is 35.9 Å². The van der Waals surface area contributed by atoms with Gasteiger partial charge in [0, 0.05) is 33.0 Å². The van der Waals surface area contributed by atoms with Gasteiger partial charge in [-0.05, 0) is 18.4 Å². The fraction of sp³-hybridized carbons (Fsp3) is 0.654. The number of rotatable bonds is 16. The molecule has 7 heteroatoms. The zero-order chi connectivity index (χ0) is 24.6. The van der Waals surface area contributed by atoms with E-state index in [1.165, 1.54) is 7.11 Å². The number of hydrogen-bond donors (Lipinski definition) is 1. The lowest BCUT2D eigenvalue weighted by Crippen LogP contribution is -2.50. The Labute approximate surface area is 199 Å². The molecule has 1 unspecified atom stereocenters. The summed E-state index contributed by atoms with van der Waals surface area (Å²) in [6.45, 7) is 6.90. The van der Waals surface area contributed by atoms with E-state index in [-0.39, 0.29) is 11.8 Å². The molecule has 2 amide bonds. The third kappa shape index (κ3) is 10.4. The van der Waals surface area contributed by atoms with Gasteiger partial charge in [0.15, 0.2) is 0 Å². The highest BCUT2D eigenvalue weighted by Gasteiger charge is 2.31. The minimum atomic E-state index is -0.795. The van der Waals surface area contributed by atoms with Crippen LogP contribution in [-0.2, 0) is 30.3 Å². The number of nitrogens with one attached hydrogen (secondary N) is 1. The monoisotopic (exact) mass is 462 g/mol. The van der Waals surface area contributed by atoms with Crippen LogP contribution in [-0.4, -0.2) is 62.1 Å². The third-order valence-electron chi connectivity index (χ3n) is 5.85. The molecule has 0 saturated heterocycles. The van der Waals surface area contributed by atoms with Crippen LogP contribution < -0.4 is 5.32 Å². The first-order valence-electron chi connectivity index (χ1n) is 12.1. The van der Waals surface area contributed by atoms with E-state index in [1.807, 2.05) is 37.3 Å². The molecule has 3 atom stereocenters. The Morgan fingerprint density at radius 3 is 2.27 bits per heavy atom. The number of methoxy groups -OCH3 is 2. The molecule has 186 valence electrons. The fourth-order valence-corrected chi connectivity index (χ4v) is 3.76. The standard InChI is InChI=1S/C26H42N2O5/c1-6-8-9-13-16-24(29)28(17-7-2)19-23(32-4)20(3)25(30)27-22(26(31)33-5)18-21-14-11-10-12-15-21/h10-12,14-15,20,22-23H,6-9,13,16-19H2,1-5H3,(H,27,30)/t20?,22-,23-/m0/s1. The van der Waals surface area contributed by atoms with Gasteiger partial charge in [-0.3, -0.25) is 9.59 Å². The first-order chi connectivity index (χ1) is 15.9. The highest BCUT2D eigenvalue weighted by molar-refractivity contribution is 5.86. The molecule has 0 aliphatic rings. The summed E-state index contributed by atoms with van der Waals surface area (Å²) in [6.07, 6.45) is 5.38. The van der Waals surface area contributed by atoms with Crippen LogP contribution in [0.3, 0.4) is 0 Å². The molecule has 7 nitrogen and oxygen atoms in total. The van der Waals surface area contributed by atoms with Crippen LogP contribution in [0, 0.1) is 5.92 Å². The number of carbonyl (C=O) groups excluding carboxylic acids is 3. The van der Waals surface area contributed by atoms with Crippen molar-refractivity contribution in [1.82, 2.24) is 10.2 Å². The Bertz CT molecular complexity index is 710. The quantitative estimate of drug-likeness (QED) is 0.299. The summed E-state index contributed by atoms with van der Waals surface area (Å²) in [6, 6.07) is 8.68. The molecule has 0 aromatic heterocycles. The Hall–Kier alpha value is -2.41. The predicted octanol–water partition coefficient (Wildman–Crippen LogP) is 3.75. The largest absolute Gasteiger partial charge is 0.467 e. The molecule has 0 fully saturated rings. The van der Waals surface area contributed by atoms with Gasteiger partial charge in [-0.1, -0.05) is 70.4 Å². The number of unbranched alkanes of at least 4 members (excludes halogenated alkanes) is 3. The van der Waals surface area contributed by atoms with Gasteiger partial charge in [0.05, 0.1) is 19.1 Å². The second-order valence-electron chi connectivity index (χ2n) is 8.49. The number of nitrogens with zero attached hydrogens (tertiary/aromatic N) is 1. The van der Waals surface area contributed by atoms with E-state index < -0.39 is 24.0 Å². The Balaban J connectivity index is 2.80. The Morgan fingerprint density at radius 2 is 1.70 bits per heavy atom. The second kappa shape index (κ2) is 16.2. The highest BCUT2D eigenvalue weighted by Crippen LogP contribution is 2.14. The summed E-state index contributed by atoms with van der Waals surface area (Å²) >= 11 is 0.